The molecule has 1 aliphatic rings. The van der Waals surface area contributed by atoms with Crippen LogP contribution >= 0.6 is 11.6 Å². The van der Waals surface area contributed by atoms with Crippen LogP contribution < -0.4 is 5.32 Å². The van der Waals surface area contributed by atoms with Gasteiger partial charge in [0.15, 0.2) is 0 Å². The van der Waals surface area contributed by atoms with E-state index in [4.69, 9.17) is 16.3 Å². The second-order valence-corrected chi connectivity index (χ2v) is 9.21. The molecule has 0 aromatic heterocycles. The molecule has 0 aliphatic heterocycles. The minimum absolute atomic E-state index is 0.0922. The van der Waals surface area contributed by atoms with Gasteiger partial charge in [-0.15, -0.1) is 0 Å². The predicted molar refractivity (Wildman–Crippen MR) is 140 cm³/mol. The number of hydrogen-bond donors (Lipinski definition) is 2. The van der Waals surface area contributed by atoms with Gasteiger partial charge in [0, 0.05) is 17.4 Å². The van der Waals surface area contributed by atoms with E-state index >= 15 is 0 Å². The molecule has 0 saturated heterocycles. The lowest BCUT2D eigenvalue weighted by molar-refractivity contribution is -0.139. The number of benzene rings is 4. The van der Waals surface area contributed by atoms with Gasteiger partial charge in [-0.1, -0.05) is 96.5 Å². The zero-order valence-corrected chi connectivity index (χ0v) is 20.1. The molecule has 2 N–H and O–H groups in total. The van der Waals surface area contributed by atoms with Crippen molar-refractivity contribution in [2.75, 3.05) is 6.61 Å². The Morgan fingerprint density at radius 2 is 1.47 bits per heavy atom. The summed E-state index contributed by atoms with van der Waals surface area (Å²) >= 11 is 6.08. The minimum atomic E-state index is -1.12. The van der Waals surface area contributed by atoms with Crippen LogP contribution in [0.25, 0.3) is 22.3 Å². The minimum Gasteiger partial charge on any atom is -0.480 e. The van der Waals surface area contributed by atoms with Gasteiger partial charge in [0.25, 0.3) is 0 Å². The third-order valence-corrected chi connectivity index (χ3v) is 6.72. The fourth-order valence-corrected chi connectivity index (χ4v) is 4.91. The number of carbonyl (C=O) groups is 2. The van der Waals surface area contributed by atoms with Crippen molar-refractivity contribution < 1.29 is 19.4 Å². The van der Waals surface area contributed by atoms with Crippen LogP contribution in [0.2, 0.25) is 5.02 Å². The molecule has 0 heterocycles. The molecular formula is C30H24ClNO4. The summed E-state index contributed by atoms with van der Waals surface area (Å²) in [6, 6.07) is 30.0. The topological polar surface area (TPSA) is 75.6 Å². The molecule has 1 atom stereocenters. The Labute approximate surface area is 214 Å². The first-order valence-corrected chi connectivity index (χ1v) is 12.1. The number of carbonyl (C=O) groups excluding carboxylic acids is 1. The number of amides is 1. The number of carboxylic acids is 1. The summed E-state index contributed by atoms with van der Waals surface area (Å²) in [6.07, 6.45) is -0.616. The first-order valence-electron chi connectivity index (χ1n) is 11.7. The SMILES string of the molecule is O=C(N[C@@H](Cc1ccc(-c2cccc(Cl)c2)cc1)C(=O)O)OCC1c2ccccc2-c2ccccc21. The third-order valence-electron chi connectivity index (χ3n) is 6.49. The molecule has 1 aliphatic carbocycles. The van der Waals surface area contributed by atoms with Gasteiger partial charge >= 0.3 is 12.1 Å². The maximum atomic E-state index is 12.6. The van der Waals surface area contributed by atoms with Gasteiger partial charge < -0.3 is 15.2 Å². The van der Waals surface area contributed by atoms with E-state index in [1.54, 1.807) is 0 Å². The third kappa shape index (κ3) is 4.97. The summed E-state index contributed by atoms with van der Waals surface area (Å²) in [4.78, 5) is 24.5. The molecule has 5 rings (SSSR count). The molecule has 6 heteroatoms. The average molecular weight is 498 g/mol. The van der Waals surface area contributed by atoms with E-state index in [0.717, 1.165) is 38.9 Å². The van der Waals surface area contributed by atoms with Crippen molar-refractivity contribution in [2.45, 2.75) is 18.4 Å². The molecule has 0 fully saturated rings. The highest BCUT2D eigenvalue weighted by Gasteiger charge is 2.29. The van der Waals surface area contributed by atoms with Gasteiger partial charge in [-0.25, -0.2) is 9.59 Å². The molecular weight excluding hydrogens is 474 g/mol. The highest BCUT2D eigenvalue weighted by Crippen LogP contribution is 2.44. The second kappa shape index (κ2) is 10.3. The molecule has 1 amide bonds. The standard InChI is InChI=1S/C30H24ClNO4/c31-22-7-5-6-21(17-22)20-14-12-19(13-15-20)16-28(29(33)34)32-30(35)36-18-27-25-10-3-1-8-23(25)24-9-2-4-11-26(24)27/h1-15,17,27-28H,16,18H2,(H,32,35)(H,33,34)/t28-/m0/s1. The van der Waals surface area contributed by atoms with E-state index in [1.165, 1.54) is 0 Å². The number of alkyl carbamates (subject to hydrolysis) is 1. The molecule has 0 unspecified atom stereocenters. The zero-order chi connectivity index (χ0) is 25.1. The molecule has 0 saturated carbocycles. The Kier molecular flexibility index (Phi) is 6.74. The van der Waals surface area contributed by atoms with Crippen LogP contribution in [-0.2, 0) is 16.0 Å². The van der Waals surface area contributed by atoms with E-state index in [1.807, 2.05) is 84.9 Å². The number of ether oxygens (including phenoxy) is 1. The Morgan fingerprint density at radius 3 is 2.08 bits per heavy atom. The Hall–Kier alpha value is -4.09. The number of fused-ring (bicyclic) bond motifs is 3. The number of halogens is 1. The molecule has 0 radical (unpaired) electrons. The molecule has 0 bridgehead atoms. The van der Waals surface area contributed by atoms with Crippen LogP contribution in [0.4, 0.5) is 4.79 Å². The van der Waals surface area contributed by atoms with Gasteiger partial charge in [-0.3, -0.25) is 0 Å². The number of rotatable bonds is 7. The van der Waals surface area contributed by atoms with Crippen molar-refractivity contribution in [1.82, 2.24) is 5.32 Å². The summed E-state index contributed by atoms with van der Waals surface area (Å²) < 4.78 is 5.52. The Bertz CT molecular complexity index is 1370. The van der Waals surface area contributed by atoms with Gasteiger partial charge in [-0.2, -0.15) is 0 Å². The number of hydrogen-bond acceptors (Lipinski definition) is 3. The Morgan fingerprint density at radius 1 is 0.833 bits per heavy atom. The van der Waals surface area contributed by atoms with E-state index in [9.17, 15) is 14.7 Å². The van der Waals surface area contributed by atoms with Crippen molar-refractivity contribution in [3.63, 3.8) is 0 Å². The highest BCUT2D eigenvalue weighted by molar-refractivity contribution is 6.30. The Balaban J connectivity index is 1.23. The fraction of sp³-hybridized carbons (Fsp3) is 0.133. The van der Waals surface area contributed by atoms with Gasteiger partial charge in [0.05, 0.1) is 0 Å². The largest absolute Gasteiger partial charge is 0.480 e. The maximum absolute atomic E-state index is 12.6. The predicted octanol–water partition coefficient (Wildman–Crippen LogP) is 6.54. The van der Waals surface area contributed by atoms with E-state index in [2.05, 4.69) is 17.4 Å². The fourth-order valence-electron chi connectivity index (χ4n) is 4.72. The number of carboxylic acid groups (broad SMARTS) is 1. The summed E-state index contributed by atoms with van der Waals surface area (Å²) in [5.74, 6) is -1.21. The van der Waals surface area contributed by atoms with Crippen molar-refractivity contribution >= 4 is 23.7 Å². The van der Waals surface area contributed by atoms with Gasteiger partial charge in [0.1, 0.15) is 12.6 Å². The second-order valence-electron chi connectivity index (χ2n) is 8.77. The van der Waals surface area contributed by atoms with Crippen LogP contribution in [0.1, 0.15) is 22.6 Å². The van der Waals surface area contributed by atoms with Crippen LogP contribution in [0, 0.1) is 0 Å². The molecule has 0 spiro atoms. The van der Waals surface area contributed by atoms with Crippen molar-refractivity contribution in [3.05, 3.63) is 119 Å². The van der Waals surface area contributed by atoms with Crippen molar-refractivity contribution in [3.8, 4) is 22.3 Å². The van der Waals surface area contributed by atoms with Crippen LogP contribution in [0.5, 0.6) is 0 Å². The maximum Gasteiger partial charge on any atom is 0.407 e. The smallest absolute Gasteiger partial charge is 0.407 e. The van der Waals surface area contributed by atoms with E-state index in [0.29, 0.717) is 5.02 Å². The summed E-state index contributed by atoms with van der Waals surface area (Å²) in [5.41, 5.74) is 7.19. The monoisotopic (exact) mass is 497 g/mol. The summed E-state index contributed by atoms with van der Waals surface area (Å²) in [7, 11) is 0. The lowest BCUT2D eigenvalue weighted by atomic mass is 9.98. The van der Waals surface area contributed by atoms with Crippen LogP contribution in [0.3, 0.4) is 0 Å². The lowest BCUT2D eigenvalue weighted by Crippen LogP contribution is -2.42. The molecule has 4 aromatic rings. The molecule has 36 heavy (non-hydrogen) atoms. The van der Waals surface area contributed by atoms with Crippen LogP contribution in [-0.4, -0.2) is 29.8 Å². The van der Waals surface area contributed by atoms with Crippen molar-refractivity contribution in [2.24, 2.45) is 0 Å². The molecule has 4 aromatic carbocycles. The first kappa shape index (κ1) is 23.6. The van der Waals surface area contributed by atoms with Crippen LogP contribution in [0.15, 0.2) is 97.1 Å². The van der Waals surface area contributed by atoms with Gasteiger partial charge in [0.2, 0.25) is 0 Å². The average Bonchev–Trinajstić information content (AvgIpc) is 3.21. The highest BCUT2D eigenvalue weighted by atomic mass is 35.5. The normalized spacial score (nSPS) is 12.9. The number of nitrogens with one attached hydrogen (secondary N) is 1. The molecule has 180 valence electrons. The summed E-state index contributed by atoms with van der Waals surface area (Å²) in [5, 5.41) is 12.9. The zero-order valence-electron chi connectivity index (χ0n) is 19.4. The van der Waals surface area contributed by atoms with Gasteiger partial charge in [-0.05, 0) is 51.1 Å². The quantitative estimate of drug-likeness (QED) is 0.304. The number of aliphatic carboxylic acids is 1. The van der Waals surface area contributed by atoms with E-state index in [-0.39, 0.29) is 18.9 Å². The summed E-state index contributed by atoms with van der Waals surface area (Å²) in [6.45, 7) is 0.126. The van der Waals surface area contributed by atoms with Crippen molar-refractivity contribution in [1.29, 1.82) is 0 Å². The molecule has 5 nitrogen and oxygen atoms in total. The first-order chi connectivity index (χ1) is 17.5. The van der Waals surface area contributed by atoms with E-state index < -0.39 is 18.1 Å². The lowest BCUT2D eigenvalue weighted by Gasteiger charge is -2.17.